The first-order chi connectivity index (χ1) is 11.0. The Morgan fingerprint density at radius 2 is 2.26 bits per heavy atom. The zero-order valence-corrected chi connectivity index (χ0v) is 13.6. The molecule has 7 nitrogen and oxygen atoms in total. The smallest absolute Gasteiger partial charge is 0.270 e. The molecule has 3 rings (SSSR count). The fraction of sp³-hybridized carbons (Fsp3) is 0.467. The van der Waals surface area contributed by atoms with Crippen molar-refractivity contribution in [1.29, 1.82) is 0 Å². The number of carbonyl (C=O) groups excluding carboxylic acids is 1. The van der Waals surface area contributed by atoms with Gasteiger partial charge in [0.25, 0.3) is 5.91 Å². The number of hydrogen-bond acceptors (Lipinski definition) is 6. The SMILES string of the molecule is CC(C)(NC(=O)c1ccc(Cl)c(OCC2CC2)n1)c1ncon1. The molecule has 2 aromatic rings. The Morgan fingerprint density at radius 1 is 1.48 bits per heavy atom. The molecule has 0 aliphatic heterocycles. The molecule has 0 bridgehead atoms. The molecule has 0 saturated heterocycles. The van der Waals surface area contributed by atoms with Crippen LogP contribution in [-0.4, -0.2) is 27.6 Å². The lowest BCUT2D eigenvalue weighted by atomic mass is 10.0. The van der Waals surface area contributed by atoms with Gasteiger partial charge in [0, 0.05) is 0 Å². The average molecular weight is 337 g/mol. The maximum Gasteiger partial charge on any atom is 0.270 e. The van der Waals surface area contributed by atoms with E-state index in [4.69, 9.17) is 20.9 Å². The van der Waals surface area contributed by atoms with E-state index in [1.54, 1.807) is 26.0 Å². The minimum Gasteiger partial charge on any atom is -0.476 e. The highest BCUT2D eigenvalue weighted by Crippen LogP contribution is 2.31. The summed E-state index contributed by atoms with van der Waals surface area (Å²) in [6.45, 7) is 4.12. The van der Waals surface area contributed by atoms with Gasteiger partial charge >= 0.3 is 0 Å². The highest BCUT2D eigenvalue weighted by Gasteiger charge is 2.29. The van der Waals surface area contributed by atoms with Gasteiger partial charge in [0.1, 0.15) is 10.7 Å². The van der Waals surface area contributed by atoms with Crippen molar-refractivity contribution in [3.8, 4) is 5.88 Å². The van der Waals surface area contributed by atoms with Crippen LogP contribution in [0.5, 0.6) is 5.88 Å². The molecule has 0 radical (unpaired) electrons. The first-order valence-corrected chi connectivity index (χ1v) is 7.72. The minimum atomic E-state index is -0.791. The second-order valence-electron chi connectivity index (χ2n) is 6.07. The van der Waals surface area contributed by atoms with Gasteiger partial charge < -0.3 is 14.6 Å². The lowest BCUT2D eigenvalue weighted by Gasteiger charge is -2.22. The third-order valence-electron chi connectivity index (χ3n) is 3.55. The van der Waals surface area contributed by atoms with Crippen LogP contribution in [0, 0.1) is 5.92 Å². The molecule has 1 fully saturated rings. The molecule has 8 heteroatoms. The van der Waals surface area contributed by atoms with E-state index < -0.39 is 5.54 Å². The lowest BCUT2D eigenvalue weighted by Crippen LogP contribution is -2.42. The molecule has 2 aromatic heterocycles. The van der Waals surface area contributed by atoms with Gasteiger partial charge in [0.2, 0.25) is 12.3 Å². The van der Waals surface area contributed by atoms with Crippen molar-refractivity contribution >= 4 is 17.5 Å². The number of hydrogen-bond donors (Lipinski definition) is 1. The molecule has 1 N–H and O–H groups in total. The maximum absolute atomic E-state index is 12.4. The van der Waals surface area contributed by atoms with Crippen molar-refractivity contribution in [3.63, 3.8) is 0 Å². The van der Waals surface area contributed by atoms with E-state index in [1.165, 1.54) is 6.39 Å². The van der Waals surface area contributed by atoms with Crippen LogP contribution >= 0.6 is 11.6 Å². The molecular formula is C15H17ClN4O3. The van der Waals surface area contributed by atoms with E-state index in [2.05, 4.69) is 20.4 Å². The molecule has 23 heavy (non-hydrogen) atoms. The summed E-state index contributed by atoms with van der Waals surface area (Å²) >= 11 is 6.07. The molecule has 0 atom stereocenters. The molecule has 1 aliphatic rings. The molecule has 0 unspecified atom stereocenters. The number of nitrogens with one attached hydrogen (secondary N) is 1. The van der Waals surface area contributed by atoms with Gasteiger partial charge in [-0.2, -0.15) is 4.98 Å². The van der Waals surface area contributed by atoms with Gasteiger partial charge in [-0.1, -0.05) is 16.8 Å². The Hall–Kier alpha value is -2.15. The third kappa shape index (κ3) is 3.79. The van der Waals surface area contributed by atoms with Crippen molar-refractivity contribution in [2.75, 3.05) is 6.61 Å². The summed E-state index contributed by atoms with van der Waals surface area (Å²) in [6.07, 6.45) is 3.54. The van der Waals surface area contributed by atoms with Crippen molar-refractivity contribution in [2.24, 2.45) is 5.92 Å². The number of amides is 1. The Bertz CT molecular complexity index is 699. The monoisotopic (exact) mass is 336 g/mol. The highest BCUT2D eigenvalue weighted by atomic mass is 35.5. The predicted octanol–water partition coefficient (Wildman–Crippen LogP) is 2.57. The Morgan fingerprint density at radius 3 is 2.91 bits per heavy atom. The topological polar surface area (TPSA) is 90.1 Å². The summed E-state index contributed by atoms with van der Waals surface area (Å²) in [5, 5.41) is 6.96. The van der Waals surface area contributed by atoms with Crippen molar-refractivity contribution in [2.45, 2.75) is 32.2 Å². The Kier molecular flexibility index (Phi) is 4.21. The van der Waals surface area contributed by atoms with E-state index >= 15 is 0 Å². The van der Waals surface area contributed by atoms with Crippen molar-refractivity contribution < 1.29 is 14.1 Å². The predicted molar refractivity (Wildman–Crippen MR) is 82.3 cm³/mol. The summed E-state index contributed by atoms with van der Waals surface area (Å²) < 4.78 is 10.3. The van der Waals surface area contributed by atoms with Gasteiger partial charge in [-0.3, -0.25) is 4.79 Å². The number of ether oxygens (including phenoxy) is 1. The number of rotatable bonds is 6. The van der Waals surface area contributed by atoms with Crippen LogP contribution in [-0.2, 0) is 5.54 Å². The summed E-state index contributed by atoms with van der Waals surface area (Å²) in [4.78, 5) is 20.6. The quantitative estimate of drug-likeness (QED) is 0.871. The molecule has 0 spiro atoms. The van der Waals surface area contributed by atoms with E-state index in [0.717, 1.165) is 12.8 Å². The summed E-state index contributed by atoms with van der Waals surface area (Å²) in [5.41, 5.74) is -0.572. The van der Waals surface area contributed by atoms with Gasteiger partial charge in [-0.15, -0.1) is 0 Å². The zero-order valence-electron chi connectivity index (χ0n) is 12.9. The average Bonchev–Trinajstić information content (AvgIpc) is 3.15. The van der Waals surface area contributed by atoms with Gasteiger partial charge in [-0.25, -0.2) is 4.98 Å². The van der Waals surface area contributed by atoms with Crippen LogP contribution in [0.15, 0.2) is 23.0 Å². The van der Waals surface area contributed by atoms with E-state index in [-0.39, 0.29) is 17.5 Å². The molecular weight excluding hydrogens is 320 g/mol. The normalized spacial score (nSPS) is 14.6. The third-order valence-corrected chi connectivity index (χ3v) is 3.83. The summed E-state index contributed by atoms with van der Waals surface area (Å²) in [6, 6.07) is 3.15. The first kappa shape index (κ1) is 15.7. The van der Waals surface area contributed by atoms with Crippen LogP contribution in [0.3, 0.4) is 0 Å². The lowest BCUT2D eigenvalue weighted by molar-refractivity contribution is 0.0901. The molecule has 1 amide bonds. The van der Waals surface area contributed by atoms with Crippen LogP contribution in [0.25, 0.3) is 0 Å². The van der Waals surface area contributed by atoms with Crippen LogP contribution < -0.4 is 10.1 Å². The molecule has 122 valence electrons. The van der Waals surface area contributed by atoms with Crippen molar-refractivity contribution in [1.82, 2.24) is 20.4 Å². The van der Waals surface area contributed by atoms with Gasteiger partial charge in [0.05, 0.1) is 12.1 Å². The molecule has 1 saturated carbocycles. The van der Waals surface area contributed by atoms with Gasteiger partial charge in [-0.05, 0) is 44.7 Å². The second kappa shape index (κ2) is 6.16. The summed E-state index contributed by atoms with van der Waals surface area (Å²) in [7, 11) is 0. The number of carbonyl (C=O) groups is 1. The fourth-order valence-corrected chi connectivity index (χ4v) is 2.14. The largest absolute Gasteiger partial charge is 0.476 e. The maximum atomic E-state index is 12.4. The zero-order chi connectivity index (χ0) is 16.4. The van der Waals surface area contributed by atoms with E-state index in [1.807, 2.05) is 0 Å². The van der Waals surface area contributed by atoms with Crippen LogP contribution in [0.2, 0.25) is 5.02 Å². The molecule has 1 aliphatic carbocycles. The van der Waals surface area contributed by atoms with Crippen molar-refractivity contribution in [3.05, 3.63) is 35.1 Å². The van der Waals surface area contributed by atoms with E-state index in [0.29, 0.717) is 23.4 Å². The number of pyridine rings is 1. The molecule has 0 aromatic carbocycles. The number of aromatic nitrogens is 3. The van der Waals surface area contributed by atoms with Crippen LogP contribution in [0.4, 0.5) is 0 Å². The standard InChI is InChI=1S/C15H17ClN4O3/c1-15(2,14-17-8-23-20-14)19-12(21)11-6-5-10(16)13(18-11)22-7-9-3-4-9/h5-6,8-9H,3-4,7H2,1-2H3,(H,19,21). The van der Waals surface area contributed by atoms with Crippen LogP contribution in [0.1, 0.15) is 43.0 Å². The van der Waals surface area contributed by atoms with E-state index in [9.17, 15) is 4.79 Å². The summed E-state index contributed by atoms with van der Waals surface area (Å²) in [5.74, 6) is 0.865. The molecule has 2 heterocycles. The highest BCUT2D eigenvalue weighted by molar-refractivity contribution is 6.31. The van der Waals surface area contributed by atoms with Gasteiger partial charge in [0.15, 0.2) is 5.82 Å². The minimum absolute atomic E-state index is 0.219. The number of nitrogens with zero attached hydrogens (tertiary/aromatic N) is 3. The second-order valence-corrected chi connectivity index (χ2v) is 6.48. The Labute approximate surface area is 138 Å². The number of halogens is 1. The fourth-order valence-electron chi connectivity index (χ4n) is 1.98. The first-order valence-electron chi connectivity index (χ1n) is 7.34. The Balaban J connectivity index is 1.72.